The molecule has 1 aliphatic carbocycles. The number of carbonyl (C=O) groups is 2. The number of para-hydroxylation sites is 1. The minimum atomic E-state index is -1.44. The van der Waals surface area contributed by atoms with Crippen molar-refractivity contribution in [3.63, 3.8) is 0 Å². The molecule has 0 bridgehead atoms. The van der Waals surface area contributed by atoms with Crippen molar-refractivity contribution in [1.82, 2.24) is 0 Å². The van der Waals surface area contributed by atoms with Crippen LogP contribution >= 0.6 is 0 Å². The highest BCUT2D eigenvalue weighted by atomic mass is 16.6. The summed E-state index contributed by atoms with van der Waals surface area (Å²) in [5, 5.41) is 16.8. The molecule has 27 heavy (non-hydrogen) atoms. The average Bonchev–Trinajstić information content (AvgIpc) is 3.16. The molecule has 6 heteroatoms. The van der Waals surface area contributed by atoms with E-state index in [-0.39, 0.29) is 12.3 Å². The number of carbonyl (C=O) groups excluding carboxylic acids is 2. The van der Waals surface area contributed by atoms with Crippen molar-refractivity contribution in [1.29, 1.82) is 0 Å². The highest BCUT2D eigenvalue weighted by molar-refractivity contribution is 6.14. The van der Waals surface area contributed by atoms with Crippen LogP contribution in [0.4, 0.5) is 5.69 Å². The Morgan fingerprint density at radius 3 is 2.96 bits per heavy atom. The van der Waals surface area contributed by atoms with Gasteiger partial charge in [0.1, 0.15) is 6.04 Å². The van der Waals surface area contributed by atoms with E-state index in [9.17, 15) is 14.8 Å². The first-order chi connectivity index (χ1) is 12.9. The summed E-state index contributed by atoms with van der Waals surface area (Å²) in [7, 11) is 1.31. The normalized spacial score (nSPS) is 43.3. The first-order valence-corrected chi connectivity index (χ1v) is 9.29. The van der Waals surface area contributed by atoms with Gasteiger partial charge in [-0.1, -0.05) is 30.4 Å². The van der Waals surface area contributed by atoms with Gasteiger partial charge in [-0.3, -0.25) is 9.59 Å². The fraction of sp³-hybridized carbons (Fsp3) is 0.429. The fourth-order valence-corrected chi connectivity index (χ4v) is 6.67. The summed E-state index contributed by atoms with van der Waals surface area (Å²) >= 11 is 0. The number of amides is 1. The van der Waals surface area contributed by atoms with Crippen molar-refractivity contribution in [2.24, 2.45) is 10.8 Å². The molecule has 1 saturated heterocycles. The maximum atomic E-state index is 13.9. The van der Waals surface area contributed by atoms with Crippen LogP contribution in [0.3, 0.4) is 0 Å². The second-order valence-electron chi connectivity index (χ2n) is 8.27. The quantitative estimate of drug-likeness (QED) is 0.286. The SMILES string of the molecule is C=C[C@]12C=CC[N@+]3([O-])CC[C@@]4(c5ccccc5NC(=O)[C@@]4(C(=O)OC)C1)[C@H]23. The number of anilines is 1. The third-order valence-electron chi connectivity index (χ3n) is 7.46. The number of rotatable bonds is 2. The Labute approximate surface area is 157 Å². The van der Waals surface area contributed by atoms with Crippen molar-refractivity contribution >= 4 is 17.6 Å². The zero-order valence-electron chi connectivity index (χ0n) is 15.2. The van der Waals surface area contributed by atoms with Gasteiger partial charge in [0.2, 0.25) is 5.91 Å². The summed E-state index contributed by atoms with van der Waals surface area (Å²) in [6.07, 6.45) is 6.32. The molecular formula is C21H22N2O4. The van der Waals surface area contributed by atoms with Gasteiger partial charge >= 0.3 is 5.97 Å². The van der Waals surface area contributed by atoms with Crippen LogP contribution in [0.2, 0.25) is 0 Å². The molecule has 1 N–H and O–H groups in total. The number of hydrogen-bond acceptors (Lipinski definition) is 4. The number of esters is 1. The zero-order chi connectivity index (χ0) is 19.1. The van der Waals surface area contributed by atoms with Gasteiger partial charge in [-0.15, -0.1) is 6.58 Å². The lowest BCUT2D eigenvalue weighted by atomic mass is 9.57. The summed E-state index contributed by atoms with van der Waals surface area (Å²) in [6.45, 7) is 4.73. The Bertz CT molecular complexity index is 927. The molecule has 1 aromatic carbocycles. The molecule has 1 spiro atoms. The monoisotopic (exact) mass is 366 g/mol. The van der Waals surface area contributed by atoms with Crippen LogP contribution in [-0.2, 0) is 19.7 Å². The number of quaternary nitrogens is 1. The predicted molar refractivity (Wildman–Crippen MR) is 99.4 cm³/mol. The van der Waals surface area contributed by atoms with Gasteiger partial charge in [0, 0.05) is 12.1 Å². The lowest BCUT2D eigenvalue weighted by molar-refractivity contribution is -0.896. The number of methoxy groups -OCH3 is 1. The highest BCUT2D eigenvalue weighted by Crippen LogP contribution is 2.72. The van der Waals surface area contributed by atoms with Gasteiger partial charge in [-0.25, -0.2) is 0 Å². The van der Waals surface area contributed by atoms with E-state index in [0.717, 1.165) is 5.56 Å². The van der Waals surface area contributed by atoms with Crippen LogP contribution in [0.1, 0.15) is 18.4 Å². The fourth-order valence-electron chi connectivity index (χ4n) is 6.67. The summed E-state index contributed by atoms with van der Waals surface area (Å²) in [6, 6.07) is 7.06. The summed E-state index contributed by atoms with van der Waals surface area (Å²) in [5.74, 6) is -0.933. The molecule has 3 aliphatic heterocycles. The third-order valence-corrected chi connectivity index (χ3v) is 7.46. The molecule has 4 aliphatic rings. The van der Waals surface area contributed by atoms with Crippen LogP contribution < -0.4 is 5.32 Å². The van der Waals surface area contributed by atoms with E-state index in [1.54, 1.807) is 6.08 Å². The van der Waals surface area contributed by atoms with Crippen LogP contribution in [0.5, 0.6) is 0 Å². The van der Waals surface area contributed by atoms with Gasteiger partial charge in [-0.2, -0.15) is 0 Å². The van der Waals surface area contributed by atoms with Crippen molar-refractivity contribution in [3.05, 3.63) is 59.8 Å². The van der Waals surface area contributed by atoms with E-state index in [0.29, 0.717) is 25.2 Å². The average molecular weight is 366 g/mol. The van der Waals surface area contributed by atoms with Crippen LogP contribution in [0.15, 0.2) is 49.1 Å². The molecule has 5 atom stereocenters. The lowest BCUT2D eigenvalue weighted by Gasteiger charge is -2.53. The summed E-state index contributed by atoms with van der Waals surface area (Å²) in [5.41, 5.74) is -1.51. The number of hydroxylamine groups is 3. The Kier molecular flexibility index (Phi) is 3.02. The molecule has 3 heterocycles. The van der Waals surface area contributed by atoms with E-state index in [1.165, 1.54) is 7.11 Å². The Morgan fingerprint density at radius 2 is 2.22 bits per heavy atom. The molecular weight excluding hydrogens is 344 g/mol. The van der Waals surface area contributed by atoms with Gasteiger partial charge in [0.25, 0.3) is 0 Å². The highest BCUT2D eigenvalue weighted by Gasteiger charge is 2.83. The van der Waals surface area contributed by atoms with Crippen LogP contribution in [-0.4, -0.2) is 42.8 Å². The molecule has 0 unspecified atom stereocenters. The summed E-state index contributed by atoms with van der Waals surface area (Å²) in [4.78, 5) is 26.7. The Balaban J connectivity index is 1.92. The minimum Gasteiger partial charge on any atom is -0.632 e. The Morgan fingerprint density at radius 1 is 1.44 bits per heavy atom. The smallest absolute Gasteiger partial charge is 0.322 e. The molecule has 0 radical (unpaired) electrons. The first-order valence-electron chi connectivity index (χ1n) is 9.29. The van der Waals surface area contributed by atoms with E-state index < -0.39 is 32.9 Å². The van der Waals surface area contributed by atoms with Crippen LogP contribution in [0.25, 0.3) is 0 Å². The van der Waals surface area contributed by atoms with Crippen LogP contribution in [0, 0.1) is 16.0 Å². The lowest BCUT2D eigenvalue weighted by Crippen LogP contribution is -2.64. The maximum Gasteiger partial charge on any atom is 0.322 e. The number of hydrogen-bond donors (Lipinski definition) is 1. The largest absolute Gasteiger partial charge is 0.632 e. The van der Waals surface area contributed by atoms with E-state index in [2.05, 4.69) is 11.9 Å². The van der Waals surface area contributed by atoms with Gasteiger partial charge in [0.15, 0.2) is 5.41 Å². The maximum absolute atomic E-state index is 13.9. The molecule has 1 amide bonds. The van der Waals surface area contributed by atoms with E-state index in [4.69, 9.17) is 4.74 Å². The van der Waals surface area contributed by atoms with Crippen molar-refractivity contribution in [2.75, 3.05) is 25.5 Å². The van der Waals surface area contributed by atoms with Crippen molar-refractivity contribution in [2.45, 2.75) is 24.3 Å². The molecule has 0 aromatic heterocycles. The topological polar surface area (TPSA) is 78.5 Å². The number of benzene rings is 1. The molecule has 1 saturated carbocycles. The molecule has 6 nitrogen and oxygen atoms in total. The third kappa shape index (κ3) is 1.57. The standard InChI is InChI=1S/C21H22N2O4/c1-3-19-9-6-11-23(26)12-10-20(16(19)23)14-7-4-5-8-15(14)22-17(24)21(20,13-19)18(25)27-2/h3-9,16H,1,10-13H2,2H3,(H,22,24)/t16-,19-,20+,21+,23-/m0/s1. The number of nitrogens with one attached hydrogen (secondary N) is 1. The van der Waals surface area contributed by atoms with E-state index >= 15 is 0 Å². The second-order valence-corrected chi connectivity index (χ2v) is 8.27. The van der Waals surface area contributed by atoms with Gasteiger partial charge < -0.3 is 19.9 Å². The number of fused-ring (bicyclic) bond motifs is 1. The molecule has 140 valence electrons. The molecule has 2 fully saturated rings. The number of ether oxygens (including phenoxy) is 1. The zero-order valence-corrected chi connectivity index (χ0v) is 15.2. The molecule has 1 aromatic rings. The van der Waals surface area contributed by atoms with Gasteiger partial charge in [0.05, 0.1) is 31.0 Å². The predicted octanol–water partition coefficient (Wildman–Crippen LogP) is 2.27. The van der Waals surface area contributed by atoms with E-state index in [1.807, 2.05) is 36.4 Å². The first kappa shape index (κ1) is 16.7. The second kappa shape index (κ2) is 4.88. The Hall–Kier alpha value is -2.44. The summed E-state index contributed by atoms with van der Waals surface area (Å²) < 4.78 is 4.76. The van der Waals surface area contributed by atoms with Gasteiger partial charge in [-0.05, 0) is 24.1 Å². The number of nitrogens with zero attached hydrogens (tertiary/aromatic N) is 1. The van der Waals surface area contributed by atoms with Crippen molar-refractivity contribution in [3.8, 4) is 0 Å². The minimum absolute atomic E-state index is 0.208. The van der Waals surface area contributed by atoms with Crippen molar-refractivity contribution < 1.29 is 19.0 Å². The molecule has 5 rings (SSSR count).